The van der Waals surface area contributed by atoms with Gasteiger partial charge in [0.2, 0.25) is 0 Å². The predicted molar refractivity (Wildman–Crippen MR) is 82.5 cm³/mol. The number of carbonyl (C=O) groups is 1. The van der Waals surface area contributed by atoms with Gasteiger partial charge in [-0.2, -0.15) is 8.42 Å². The third-order valence-corrected chi connectivity index (χ3v) is 3.56. The first kappa shape index (κ1) is 18.6. The zero-order valence-corrected chi connectivity index (χ0v) is 14.6. The Morgan fingerprint density at radius 1 is 1.42 bits per heavy atom. The molecule has 0 unspecified atom stereocenters. The Hall–Kier alpha value is -1.78. The van der Waals surface area contributed by atoms with Crippen molar-refractivity contribution in [2.75, 3.05) is 24.8 Å². The first-order valence-electron chi connectivity index (χ1n) is 7.05. The lowest BCUT2D eigenvalue weighted by molar-refractivity contribution is -0.167. The number of hydrogen-bond acceptors (Lipinski definition) is 7. The molecule has 2 heterocycles. The first-order chi connectivity index (χ1) is 10.9. The molecule has 0 aliphatic carbocycles. The summed E-state index contributed by atoms with van der Waals surface area (Å²) in [7, 11) is -3.79. The van der Waals surface area contributed by atoms with Crippen molar-refractivity contribution >= 4 is 21.9 Å². The molecule has 1 aromatic heterocycles. The van der Waals surface area contributed by atoms with Crippen LogP contribution in [0.15, 0.2) is 12.3 Å². The number of anilines is 1. The Balaban J connectivity index is 2.26. The summed E-state index contributed by atoms with van der Waals surface area (Å²) in [6, 6.07) is 1.20. The third kappa shape index (κ3) is 4.62. The summed E-state index contributed by atoms with van der Waals surface area (Å²) in [5.74, 6) is -0.792. The van der Waals surface area contributed by atoms with Gasteiger partial charge in [-0.3, -0.25) is 14.5 Å². The molecule has 0 radical (unpaired) electrons. The van der Waals surface area contributed by atoms with Crippen LogP contribution in [0.4, 0.5) is 14.9 Å². The minimum absolute atomic E-state index is 0.0510. The second-order valence-electron chi connectivity index (χ2n) is 6.45. The maximum atomic E-state index is 13.9. The quantitative estimate of drug-likeness (QED) is 0.814. The molecule has 1 amide bonds. The molecule has 1 aromatic rings. The third-order valence-electron chi connectivity index (χ3n) is 2.94. The van der Waals surface area contributed by atoms with Crippen molar-refractivity contribution in [2.45, 2.75) is 32.0 Å². The standard InChI is InChI=1S/C14H19FN2O6S/c1-13(2,3)22-12(18)17-10-5-11(16-6-9(10)15)14(7-21-8-14)23-24(4,19)20/h5-6H,7-8H2,1-4H3,(H,16,17,18). The van der Waals surface area contributed by atoms with E-state index >= 15 is 0 Å². The number of pyridine rings is 1. The van der Waals surface area contributed by atoms with E-state index in [4.69, 9.17) is 13.7 Å². The SMILES string of the molecule is CC(C)(C)OC(=O)Nc1cc(C2(OS(C)(=O)=O)COC2)ncc1F. The Morgan fingerprint density at radius 2 is 2.04 bits per heavy atom. The van der Waals surface area contributed by atoms with Gasteiger partial charge in [0.25, 0.3) is 10.1 Å². The highest BCUT2D eigenvalue weighted by molar-refractivity contribution is 7.86. The van der Waals surface area contributed by atoms with Gasteiger partial charge in [0, 0.05) is 0 Å². The van der Waals surface area contributed by atoms with Gasteiger partial charge in [-0.15, -0.1) is 0 Å². The number of halogens is 1. The van der Waals surface area contributed by atoms with Crippen molar-refractivity contribution in [2.24, 2.45) is 0 Å². The van der Waals surface area contributed by atoms with E-state index in [2.05, 4.69) is 10.3 Å². The second-order valence-corrected chi connectivity index (χ2v) is 8.03. The molecular weight excluding hydrogens is 343 g/mol. The average molecular weight is 362 g/mol. The molecular formula is C14H19FN2O6S. The second kappa shape index (κ2) is 6.26. The van der Waals surface area contributed by atoms with Crippen LogP contribution in [0.1, 0.15) is 26.5 Å². The summed E-state index contributed by atoms with van der Waals surface area (Å²) >= 11 is 0. The van der Waals surface area contributed by atoms with Crippen LogP contribution in [-0.2, 0) is 29.4 Å². The van der Waals surface area contributed by atoms with E-state index in [0.717, 1.165) is 12.5 Å². The molecule has 0 saturated carbocycles. The summed E-state index contributed by atoms with van der Waals surface area (Å²) in [5.41, 5.74) is -2.14. The number of hydrogen-bond donors (Lipinski definition) is 1. The summed E-state index contributed by atoms with van der Waals surface area (Å²) in [6.07, 6.45) is 0.922. The Bertz CT molecular complexity index is 740. The lowest BCUT2D eigenvalue weighted by atomic mass is 9.97. The van der Waals surface area contributed by atoms with Crippen LogP contribution in [0, 0.1) is 5.82 Å². The Kier molecular flexibility index (Phi) is 4.84. The average Bonchev–Trinajstić information content (AvgIpc) is 2.33. The monoisotopic (exact) mass is 362 g/mol. The molecule has 8 nitrogen and oxygen atoms in total. The molecule has 1 N–H and O–H groups in total. The van der Waals surface area contributed by atoms with Gasteiger partial charge in [-0.25, -0.2) is 9.18 Å². The van der Waals surface area contributed by atoms with Gasteiger partial charge in [-0.05, 0) is 26.8 Å². The van der Waals surface area contributed by atoms with Gasteiger partial charge in [0.15, 0.2) is 11.4 Å². The maximum Gasteiger partial charge on any atom is 0.412 e. The van der Waals surface area contributed by atoms with Crippen molar-refractivity contribution in [3.63, 3.8) is 0 Å². The van der Waals surface area contributed by atoms with E-state index in [1.807, 2.05) is 0 Å². The molecule has 1 aliphatic heterocycles. The van der Waals surface area contributed by atoms with Crippen LogP contribution in [0.3, 0.4) is 0 Å². The zero-order valence-electron chi connectivity index (χ0n) is 13.8. The van der Waals surface area contributed by atoms with Gasteiger partial charge >= 0.3 is 6.09 Å². The number of nitrogens with one attached hydrogen (secondary N) is 1. The Morgan fingerprint density at radius 3 is 2.50 bits per heavy atom. The Labute approximate surface area is 139 Å². The molecule has 0 aromatic carbocycles. The van der Waals surface area contributed by atoms with E-state index in [9.17, 15) is 17.6 Å². The molecule has 134 valence electrons. The number of carbonyl (C=O) groups excluding carboxylic acids is 1. The van der Waals surface area contributed by atoms with Crippen LogP contribution < -0.4 is 5.32 Å². The number of aromatic nitrogens is 1. The van der Waals surface area contributed by atoms with Gasteiger partial charge in [0.05, 0.1) is 37.0 Å². The largest absolute Gasteiger partial charge is 0.444 e. The van der Waals surface area contributed by atoms with E-state index in [-0.39, 0.29) is 24.6 Å². The summed E-state index contributed by atoms with van der Waals surface area (Å²) in [6.45, 7) is 4.90. The van der Waals surface area contributed by atoms with E-state index in [1.54, 1.807) is 20.8 Å². The summed E-state index contributed by atoms with van der Waals surface area (Å²) in [4.78, 5) is 15.6. The molecule has 0 spiro atoms. The predicted octanol–water partition coefficient (Wildman–Crippen LogP) is 1.77. The summed E-state index contributed by atoms with van der Waals surface area (Å²) in [5, 5.41) is 2.27. The normalized spacial score (nSPS) is 17.0. The first-order valence-corrected chi connectivity index (χ1v) is 8.86. The van der Waals surface area contributed by atoms with Crippen LogP contribution in [0.5, 0.6) is 0 Å². The van der Waals surface area contributed by atoms with E-state index in [0.29, 0.717) is 0 Å². The highest BCUT2D eigenvalue weighted by Crippen LogP contribution is 2.35. The lowest BCUT2D eigenvalue weighted by Gasteiger charge is -2.39. The van der Waals surface area contributed by atoms with Crippen molar-refractivity contribution < 1.29 is 31.3 Å². The van der Waals surface area contributed by atoms with Crippen molar-refractivity contribution in [1.82, 2.24) is 4.98 Å². The number of ether oxygens (including phenoxy) is 2. The highest BCUT2D eigenvalue weighted by atomic mass is 32.2. The molecule has 2 rings (SSSR count). The van der Waals surface area contributed by atoms with Gasteiger partial charge in [-0.1, -0.05) is 0 Å². The molecule has 0 bridgehead atoms. The smallest absolute Gasteiger partial charge is 0.412 e. The fraction of sp³-hybridized carbons (Fsp3) is 0.571. The molecule has 1 saturated heterocycles. The topological polar surface area (TPSA) is 104 Å². The zero-order chi connectivity index (χ0) is 18.2. The van der Waals surface area contributed by atoms with Gasteiger partial charge < -0.3 is 9.47 Å². The van der Waals surface area contributed by atoms with Crippen LogP contribution in [0.25, 0.3) is 0 Å². The van der Waals surface area contributed by atoms with Crippen LogP contribution in [0.2, 0.25) is 0 Å². The highest BCUT2D eigenvalue weighted by Gasteiger charge is 2.46. The maximum absolute atomic E-state index is 13.9. The van der Waals surface area contributed by atoms with Crippen LogP contribution in [-0.4, -0.2) is 44.6 Å². The fourth-order valence-electron chi connectivity index (χ4n) is 2.01. The fourth-order valence-corrected chi connectivity index (χ4v) is 2.77. The number of nitrogens with zero attached hydrogens (tertiary/aromatic N) is 1. The van der Waals surface area contributed by atoms with E-state index in [1.165, 1.54) is 6.07 Å². The number of amides is 1. The van der Waals surface area contributed by atoms with E-state index < -0.39 is 33.2 Å². The molecule has 24 heavy (non-hydrogen) atoms. The van der Waals surface area contributed by atoms with Crippen molar-refractivity contribution in [3.05, 3.63) is 23.8 Å². The number of rotatable bonds is 4. The summed E-state index contributed by atoms with van der Waals surface area (Å²) < 4.78 is 51.9. The molecule has 0 atom stereocenters. The lowest BCUT2D eigenvalue weighted by Crippen LogP contribution is -2.50. The molecule has 10 heteroatoms. The van der Waals surface area contributed by atoms with Crippen molar-refractivity contribution in [1.29, 1.82) is 0 Å². The molecule has 1 fully saturated rings. The minimum Gasteiger partial charge on any atom is -0.444 e. The van der Waals surface area contributed by atoms with Gasteiger partial charge in [0.1, 0.15) is 5.60 Å². The van der Waals surface area contributed by atoms with Crippen molar-refractivity contribution in [3.8, 4) is 0 Å². The molecule has 1 aliphatic rings. The van der Waals surface area contributed by atoms with Crippen LogP contribution >= 0.6 is 0 Å². The minimum atomic E-state index is -3.79.